The summed E-state index contributed by atoms with van der Waals surface area (Å²) < 4.78 is 1.80. The molecule has 0 spiro atoms. The van der Waals surface area contributed by atoms with E-state index in [1.165, 1.54) is 5.56 Å². The van der Waals surface area contributed by atoms with E-state index in [1.54, 1.807) is 4.68 Å². The minimum Gasteiger partial charge on any atom is -0.399 e. The monoisotopic (exact) mass is 293 g/mol. The summed E-state index contributed by atoms with van der Waals surface area (Å²) in [5.41, 5.74) is 9.90. The number of nitrogens with two attached hydrogens (primary N) is 1. The summed E-state index contributed by atoms with van der Waals surface area (Å²) in [5, 5.41) is 12.1. The number of tetrazole rings is 1. The van der Waals surface area contributed by atoms with E-state index in [4.69, 9.17) is 5.73 Å². The van der Waals surface area contributed by atoms with E-state index < -0.39 is 0 Å². The van der Waals surface area contributed by atoms with Gasteiger partial charge in [-0.3, -0.25) is 0 Å². The number of aromatic nitrogens is 4. The predicted molar refractivity (Wildman–Crippen MR) is 87.3 cm³/mol. The lowest BCUT2D eigenvalue weighted by atomic mass is 10.0. The van der Waals surface area contributed by atoms with Gasteiger partial charge in [-0.05, 0) is 39.6 Å². The molecule has 0 aliphatic rings. The molecule has 0 fully saturated rings. The highest BCUT2D eigenvalue weighted by atomic mass is 15.5. The van der Waals surface area contributed by atoms with Crippen LogP contribution < -0.4 is 5.73 Å². The van der Waals surface area contributed by atoms with Gasteiger partial charge in [0.15, 0.2) is 5.82 Å². The van der Waals surface area contributed by atoms with Crippen molar-refractivity contribution in [1.29, 1.82) is 0 Å². The van der Waals surface area contributed by atoms with E-state index in [1.807, 2.05) is 24.3 Å². The lowest BCUT2D eigenvalue weighted by Crippen LogP contribution is -2.04. The van der Waals surface area contributed by atoms with Crippen LogP contribution in [0.5, 0.6) is 0 Å². The molecule has 0 aliphatic heterocycles. The van der Waals surface area contributed by atoms with Crippen LogP contribution >= 0.6 is 0 Å². The van der Waals surface area contributed by atoms with E-state index in [-0.39, 0.29) is 0 Å². The summed E-state index contributed by atoms with van der Waals surface area (Å²) >= 11 is 0. The van der Waals surface area contributed by atoms with Crippen molar-refractivity contribution >= 4 is 5.69 Å². The first-order valence-corrected chi connectivity index (χ1v) is 7.34. The van der Waals surface area contributed by atoms with Crippen LogP contribution in [0.4, 0.5) is 5.69 Å². The Kier molecular flexibility index (Phi) is 3.87. The molecule has 0 aliphatic carbocycles. The molecule has 5 nitrogen and oxygen atoms in total. The molecule has 112 valence electrons. The molecule has 1 aromatic heterocycles. The standard InChI is InChI=1S/C17H19N5/c1-12(2)14-5-7-15(8-6-14)17-19-20-21-22(17)11-13-3-9-16(18)10-4-13/h3-10,12H,11,18H2,1-2H3. The number of rotatable bonds is 4. The third-order valence-corrected chi connectivity index (χ3v) is 3.68. The van der Waals surface area contributed by atoms with Crippen molar-refractivity contribution in [2.45, 2.75) is 26.3 Å². The fourth-order valence-electron chi connectivity index (χ4n) is 2.33. The smallest absolute Gasteiger partial charge is 0.182 e. The van der Waals surface area contributed by atoms with Crippen LogP contribution in [0.1, 0.15) is 30.9 Å². The molecule has 0 radical (unpaired) electrons. The zero-order valence-corrected chi connectivity index (χ0v) is 12.8. The highest BCUT2D eigenvalue weighted by Gasteiger charge is 2.10. The number of benzene rings is 2. The summed E-state index contributed by atoms with van der Waals surface area (Å²) in [4.78, 5) is 0. The molecule has 0 amide bonds. The van der Waals surface area contributed by atoms with Crippen LogP contribution in [0.15, 0.2) is 48.5 Å². The average Bonchev–Trinajstić information content (AvgIpc) is 2.98. The second kappa shape index (κ2) is 5.97. The fraction of sp³-hybridized carbons (Fsp3) is 0.235. The van der Waals surface area contributed by atoms with Gasteiger partial charge in [0.2, 0.25) is 0 Å². The molecule has 0 bridgehead atoms. The number of hydrogen-bond donors (Lipinski definition) is 1. The minimum atomic E-state index is 0.514. The maximum atomic E-state index is 5.71. The first-order chi connectivity index (χ1) is 10.6. The summed E-state index contributed by atoms with van der Waals surface area (Å²) in [7, 11) is 0. The maximum Gasteiger partial charge on any atom is 0.182 e. The summed E-state index contributed by atoms with van der Waals surface area (Å²) in [6.45, 7) is 4.98. The molecular weight excluding hydrogens is 274 g/mol. The maximum absolute atomic E-state index is 5.71. The summed E-state index contributed by atoms with van der Waals surface area (Å²) in [5.74, 6) is 1.28. The van der Waals surface area contributed by atoms with E-state index >= 15 is 0 Å². The zero-order chi connectivity index (χ0) is 15.5. The van der Waals surface area contributed by atoms with Gasteiger partial charge < -0.3 is 5.73 Å². The van der Waals surface area contributed by atoms with Crippen molar-refractivity contribution in [3.8, 4) is 11.4 Å². The van der Waals surface area contributed by atoms with Crippen LogP contribution in [0, 0.1) is 0 Å². The number of nitrogen functional groups attached to an aromatic ring is 1. The molecule has 3 aromatic rings. The lowest BCUT2D eigenvalue weighted by molar-refractivity contribution is 0.653. The van der Waals surface area contributed by atoms with Gasteiger partial charge in [-0.2, -0.15) is 0 Å². The highest BCUT2D eigenvalue weighted by molar-refractivity contribution is 5.55. The van der Waals surface area contributed by atoms with E-state index in [2.05, 4.69) is 53.6 Å². The van der Waals surface area contributed by atoms with Crippen LogP contribution in [-0.2, 0) is 6.54 Å². The fourth-order valence-corrected chi connectivity index (χ4v) is 2.33. The van der Waals surface area contributed by atoms with Crippen LogP contribution in [0.3, 0.4) is 0 Å². The van der Waals surface area contributed by atoms with Crippen LogP contribution in [0.25, 0.3) is 11.4 Å². The Bertz CT molecular complexity index is 741. The van der Waals surface area contributed by atoms with Gasteiger partial charge in [-0.25, -0.2) is 4.68 Å². The second-order valence-corrected chi connectivity index (χ2v) is 5.68. The Hall–Kier alpha value is -2.69. The van der Waals surface area contributed by atoms with Gasteiger partial charge in [0.05, 0.1) is 6.54 Å². The Balaban J connectivity index is 1.86. The lowest BCUT2D eigenvalue weighted by Gasteiger charge is -2.08. The van der Waals surface area contributed by atoms with Crippen molar-refractivity contribution in [1.82, 2.24) is 20.2 Å². The molecule has 2 aromatic carbocycles. The summed E-state index contributed by atoms with van der Waals surface area (Å²) in [6, 6.07) is 16.1. The largest absolute Gasteiger partial charge is 0.399 e. The third-order valence-electron chi connectivity index (χ3n) is 3.68. The topological polar surface area (TPSA) is 69.6 Å². The molecular formula is C17H19N5. The summed E-state index contributed by atoms with van der Waals surface area (Å²) in [6.07, 6.45) is 0. The van der Waals surface area contributed by atoms with Crippen molar-refractivity contribution in [2.75, 3.05) is 5.73 Å². The first-order valence-electron chi connectivity index (χ1n) is 7.34. The van der Waals surface area contributed by atoms with Gasteiger partial charge in [0.25, 0.3) is 0 Å². The molecule has 2 N–H and O–H groups in total. The molecule has 0 unspecified atom stereocenters. The van der Waals surface area contributed by atoms with E-state index in [0.717, 1.165) is 22.6 Å². The van der Waals surface area contributed by atoms with Gasteiger partial charge >= 0.3 is 0 Å². The normalized spacial score (nSPS) is 11.0. The molecule has 0 saturated heterocycles. The highest BCUT2D eigenvalue weighted by Crippen LogP contribution is 2.21. The van der Waals surface area contributed by atoms with E-state index in [9.17, 15) is 0 Å². The van der Waals surface area contributed by atoms with Gasteiger partial charge in [0.1, 0.15) is 0 Å². The number of anilines is 1. The first kappa shape index (κ1) is 14.3. The molecule has 0 atom stereocenters. The Morgan fingerprint density at radius 1 is 1.00 bits per heavy atom. The SMILES string of the molecule is CC(C)c1ccc(-c2nnnn2Cc2ccc(N)cc2)cc1. The van der Waals surface area contributed by atoms with Gasteiger partial charge in [0, 0.05) is 11.3 Å². The van der Waals surface area contributed by atoms with Crippen LogP contribution in [-0.4, -0.2) is 20.2 Å². The van der Waals surface area contributed by atoms with Crippen molar-refractivity contribution < 1.29 is 0 Å². The molecule has 0 saturated carbocycles. The molecule has 22 heavy (non-hydrogen) atoms. The Morgan fingerprint density at radius 3 is 2.32 bits per heavy atom. The van der Waals surface area contributed by atoms with Crippen molar-refractivity contribution in [2.24, 2.45) is 0 Å². The second-order valence-electron chi connectivity index (χ2n) is 5.68. The predicted octanol–water partition coefficient (Wildman–Crippen LogP) is 3.09. The quantitative estimate of drug-likeness (QED) is 0.750. The minimum absolute atomic E-state index is 0.514. The van der Waals surface area contributed by atoms with Gasteiger partial charge in [-0.1, -0.05) is 50.2 Å². The van der Waals surface area contributed by atoms with E-state index in [0.29, 0.717) is 12.5 Å². The number of hydrogen-bond acceptors (Lipinski definition) is 4. The van der Waals surface area contributed by atoms with Crippen molar-refractivity contribution in [3.63, 3.8) is 0 Å². The Labute approximate surface area is 129 Å². The zero-order valence-electron chi connectivity index (χ0n) is 12.8. The Morgan fingerprint density at radius 2 is 1.68 bits per heavy atom. The average molecular weight is 293 g/mol. The van der Waals surface area contributed by atoms with Gasteiger partial charge in [-0.15, -0.1) is 5.10 Å². The van der Waals surface area contributed by atoms with Crippen molar-refractivity contribution in [3.05, 3.63) is 59.7 Å². The third kappa shape index (κ3) is 2.98. The molecule has 5 heteroatoms. The molecule has 1 heterocycles. The number of nitrogens with zero attached hydrogens (tertiary/aromatic N) is 4. The molecule has 3 rings (SSSR count). The van der Waals surface area contributed by atoms with Crippen LogP contribution in [0.2, 0.25) is 0 Å².